The summed E-state index contributed by atoms with van der Waals surface area (Å²) in [7, 11) is 0. The molecular weight excluding hydrogens is 344 g/mol. The van der Waals surface area contributed by atoms with E-state index in [9.17, 15) is 13.6 Å². The maximum atomic E-state index is 12.5. The number of halogens is 2. The second kappa shape index (κ2) is 7.59. The van der Waals surface area contributed by atoms with E-state index in [1.54, 1.807) is 6.07 Å². The van der Waals surface area contributed by atoms with Crippen LogP contribution in [0.5, 0.6) is 17.2 Å². The molecule has 0 aliphatic carbocycles. The molecule has 5 nitrogen and oxygen atoms in total. The third-order valence-electron chi connectivity index (χ3n) is 3.89. The highest BCUT2D eigenvalue weighted by atomic mass is 19.3. The van der Waals surface area contributed by atoms with Crippen LogP contribution in [0, 0.1) is 0 Å². The van der Waals surface area contributed by atoms with Gasteiger partial charge in [0.15, 0.2) is 0 Å². The molecule has 0 spiro atoms. The summed E-state index contributed by atoms with van der Waals surface area (Å²) in [6.07, 6.45) is 0.864. The zero-order chi connectivity index (χ0) is 18.7. The van der Waals surface area contributed by atoms with Crippen molar-refractivity contribution in [2.75, 3.05) is 11.9 Å². The number of benzene rings is 2. The summed E-state index contributed by atoms with van der Waals surface area (Å²) in [5.74, 6) is 0.888. The number of carbonyl (C=O) groups excluding carboxylic acids is 1. The molecule has 7 heteroatoms. The van der Waals surface area contributed by atoms with E-state index in [4.69, 9.17) is 9.47 Å². The van der Waals surface area contributed by atoms with Gasteiger partial charge in [0.2, 0.25) is 0 Å². The van der Waals surface area contributed by atoms with Gasteiger partial charge < -0.3 is 19.5 Å². The molecule has 1 aliphatic rings. The Labute approximate surface area is 149 Å². The van der Waals surface area contributed by atoms with Gasteiger partial charge in [-0.2, -0.15) is 8.78 Å². The number of hydrogen-bond acceptors (Lipinski definition) is 4. The summed E-state index contributed by atoms with van der Waals surface area (Å²) < 4.78 is 40.0. The van der Waals surface area contributed by atoms with Crippen LogP contribution in [-0.4, -0.2) is 25.2 Å². The summed E-state index contributed by atoms with van der Waals surface area (Å²) in [4.78, 5) is 12.5. The molecule has 26 heavy (non-hydrogen) atoms. The van der Waals surface area contributed by atoms with Crippen molar-refractivity contribution in [2.24, 2.45) is 0 Å². The molecule has 0 radical (unpaired) electrons. The van der Waals surface area contributed by atoms with Crippen LogP contribution in [0.1, 0.15) is 29.8 Å². The molecule has 0 aromatic heterocycles. The van der Waals surface area contributed by atoms with Gasteiger partial charge in [0.25, 0.3) is 5.91 Å². The predicted molar refractivity (Wildman–Crippen MR) is 92.4 cm³/mol. The topological polar surface area (TPSA) is 56.8 Å². The number of fused-ring (bicyclic) bond motifs is 1. The minimum atomic E-state index is -2.91. The Bertz CT molecular complexity index is 793. The highest BCUT2D eigenvalue weighted by Crippen LogP contribution is 2.38. The average Bonchev–Trinajstić information content (AvgIpc) is 2.94. The molecule has 2 aromatic rings. The first-order chi connectivity index (χ1) is 12.5. The number of ether oxygens (including phenoxy) is 3. The number of rotatable bonds is 6. The van der Waals surface area contributed by atoms with Crippen LogP contribution in [0.15, 0.2) is 36.4 Å². The molecule has 3 rings (SSSR count). The molecule has 1 N–H and O–H groups in total. The number of anilines is 1. The van der Waals surface area contributed by atoms with E-state index >= 15 is 0 Å². The van der Waals surface area contributed by atoms with E-state index in [1.807, 2.05) is 19.9 Å². The number of carbonyl (C=O) groups is 1. The van der Waals surface area contributed by atoms with Gasteiger partial charge in [-0.1, -0.05) is 0 Å². The molecule has 1 amide bonds. The molecule has 1 atom stereocenters. The molecular formula is C19H19F2NO4. The largest absolute Gasteiger partial charge is 0.492 e. The summed E-state index contributed by atoms with van der Waals surface area (Å²) in [6, 6.07) is 9.09. The lowest BCUT2D eigenvalue weighted by Crippen LogP contribution is -2.13. The first-order valence-electron chi connectivity index (χ1n) is 8.29. The Hall–Kier alpha value is -2.83. The van der Waals surface area contributed by atoms with Gasteiger partial charge in [0, 0.05) is 23.6 Å². The smallest absolute Gasteiger partial charge is 0.387 e. The van der Waals surface area contributed by atoms with Crippen LogP contribution in [0.4, 0.5) is 14.5 Å². The first kappa shape index (κ1) is 18.0. The second-order valence-corrected chi connectivity index (χ2v) is 5.88. The van der Waals surface area contributed by atoms with Gasteiger partial charge in [0.1, 0.15) is 23.4 Å². The van der Waals surface area contributed by atoms with Crippen LogP contribution >= 0.6 is 0 Å². The summed E-state index contributed by atoms with van der Waals surface area (Å²) in [5, 5.41) is 2.78. The highest BCUT2D eigenvalue weighted by molar-refractivity contribution is 6.05. The minimum absolute atomic E-state index is 0.00789. The summed E-state index contributed by atoms with van der Waals surface area (Å²) in [6.45, 7) is 1.39. The van der Waals surface area contributed by atoms with Crippen LogP contribution in [-0.2, 0) is 6.42 Å². The lowest BCUT2D eigenvalue weighted by atomic mass is 10.1. The molecule has 0 bridgehead atoms. The Morgan fingerprint density at radius 2 is 2.04 bits per heavy atom. The average molecular weight is 363 g/mol. The molecule has 1 unspecified atom stereocenters. The Morgan fingerprint density at radius 1 is 1.31 bits per heavy atom. The predicted octanol–water partition coefficient (Wildman–Crippen LogP) is 4.26. The number of nitrogens with one attached hydrogen (secondary N) is 1. The monoisotopic (exact) mass is 363 g/mol. The van der Waals surface area contributed by atoms with Crippen molar-refractivity contribution in [3.05, 3.63) is 47.5 Å². The van der Waals surface area contributed by atoms with Gasteiger partial charge in [0.05, 0.1) is 12.3 Å². The van der Waals surface area contributed by atoms with Gasteiger partial charge in [-0.25, -0.2) is 0 Å². The highest BCUT2D eigenvalue weighted by Gasteiger charge is 2.22. The van der Waals surface area contributed by atoms with Crippen LogP contribution in [0.2, 0.25) is 0 Å². The van der Waals surface area contributed by atoms with Crippen molar-refractivity contribution < 1.29 is 27.8 Å². The van der Waals surface area contributed by atoms with Gasteiger partial charge in [-0.05, 0) is 44.2 Å². The molecule has 2 aromatic carbocycles. The zero-order valence-corrected chi connectivity index (χ0v) is 14.4. The van der Waals surface area contributed by atoms with Crippen molar-refractivity contribution in [1.29, 1.82) is 0 Å². The van der Waals surface area contributed by atoms with E-state index in [2.05, 4.69) is 10.1 Å². The number of hydrogen-bond donors (Lipinski definition) is 1. The minimum Gasteiger partial charge on any atom is -0.492 e. The van der Waals surface area contributed by atoms with Crippen LogP contribution in [0.3, 0.4) is 0 Å². The second-order valence-electron chi connectivity index (χ2n) is 5.88. The van der Waals surface area contributed by atoms with Crippen molar-refractivity contribution in [3.8, 4) is 17.2 Å². The fourth-order valence-corrected chi connectivity index (χ4v) is 2.79. The molecule has 138 valence electrons. The van der Waals surface area contributed by atoms with Gasteiger partial charge in [-0.3, -0.25) is 4.79 Å². The van der Waals surface area contributed by atoms with Crippen molar-refractivity contribution in [1.82, 2.24) is 0 Å². The number of amides is 1. The zero-order valence-electron chi connectivity index (χ0n) is 14.4. The van der Waals surface area contributed by atoms with E-state index < -0.39 is 6.61 Å². The summed E-state index contributed by atoms with van der Waals surface area (Å²) in [5.41, 5.74) is 1.84. The van der Waals surface area contributed by atoms with E-state index in [0.717, 1.165) is 17.7 Å². The quantitative estimate of drug-likeness (QED) is 0.833. The molecule has 1 aliphatic heterocycles. The maximum Gasteiger partial charge on any atom is 0.387 e. The standard InChI is InChI=1S/C19H19F2NO4/c1-3-24-17-9-13-8-11(2)25-16(13)10-15(17)22-18(23)12-4-6-14(7-5-12)26-19(20)21/h4-7,9-11,19H,3,8H2,1-2H3,(H,22,23). The molecule has 0 saturated heterocycles. The first-order valence-corrected chi connectivity index (χ1v) is 8.29. The van der Waals surface area contributed by atoms with Crippen LogP contribution < -0.4 is 19.5 Å². The van der Waals surface area contributed by atoms with Crippen molar-refractivity contribution in [2.45, 2.75) is 33.0 Å². The van der Waals surface area contributed by atoms with Gasteiger partial charge in [-0.15, -0.1) is 0 Å². The van der Waals surface area contributed by atoms with Gasteiger partial charge >= 0.3 is 6.61 Å². The maximum absolute atomic E-state index is 12.5. The van der Waals surface area contributed by atoms with E-state index in [0.29, 0.717) is 23.6 Å². The Kier molecular flexibility index (Phi) is 5.25. The lowest BCUT2D eigenvalue weighted by molar-refractivity contribution is -0.0498. The van der Waals surface area contributed by atoms with E-state index in [1.165, 1.54) is 24.3 Å². The fourth-order valence-electron chi connectivity index (χ4n) is 2.79. The Balaban J connectivity index is 1.79. The SMILES string of the molecule is CCOc1cc2c(cc1NC(=O)c1ccc(OC(F)F)cc1)OC(C)C2. The molecule has 0 saturated carbocycles. The van der Waals surface area contributed by atoms with Crippen molar-refractivity contribution >= 4 is 11.6 Å². The third kappa shape index (κ3) is 4.04. The van der Waals surface area contributed by atoms with Crippen molar-refractivity contribution in [3.63, 3.8) is 0 Å². The summed E-state index contributed by atoms with van der Waals surface area (Å²) >= 11 is 0. The fraction of sp³-hybridized carbons (Fsp3) is 0.316. The normalized spacial score (nSPS) is 15.3. The Morgan fingerprint density at radius 3 is 2.69 bits per heavy atom. The van der Waals surface area contributed by atoms with Crippen LogP contribution in [0.25, 0.3) is 0 Å². The third-order valence-corrected chi connectivity index (χ3v) is 3.89. The molecule has 0 fully saturated rings. The molecule has 1 heterocycles. The van der Waals surface area contributed by atoms with E-state index in [-0.39, 0.29) is 17.8 Å². The lowest BCUT2D eigenvalue weighted by Gasteiger charge is -2.14. The number of alkyl halides is 2.